The van der Waals surface area contributed by atoms with Crippen LogP contribution in [0.4, 0.5) is 0 Å². The summed E-state index contributed by atoms with van der Waals surface area (Å²) in [5.74, 6) is -0.675. The van der Waals surface area contributed by atoms with E-state index in [1.54, 1.807) is 53.2 Å². The van der Waals surface area contributed by atoms with Crippen molar-refractivity contribution in [3.63, 3.8) is 0 Å². The number of rotatable bonds is 5. The van der Waals surface area contributed by atoms with E-state index in [1.165, 1.54) is 19.5 Å². The second kappa shape index (κ2) is 10.3. The molecule has 2 amide bonds. The van der Waals surface area contributed by atoms with E-state index in [9.17, 15) is 9.59 Å². The van der Waals surface area contributed by atoms with Crippen LogP contribution in [-0.2, 0) is 0 Å². The zero-order valence-electron chi connectivity index (χ0n) is 19.0. The average Bonchev–Trinajstić information content (AvgIpc) is 3.34. The molecule has 35 heavy (non-hydrogen) atoms. The summed E-state index contributed by atoms with van der Waals surface area (Å²) in [5.41, 5.74) is 2.11. The SMILES string of the molecule is COc1ncc(C(=O)N(C)[C@@H]2CN(C(=O)c3ccc(C#N)cc3)C[C@H]2c2ccc(Cl)c(Cl)c2)cn1. The van der Waals surface area contributed by atoms with Crippen LogP contribution in [0.15, 0.2) is 54.9 Å². The highest BCUT2D eigenvalue weighted by molar-refractivity contribution is 6.42. The van der Waals surface area contributed by atoms with E-state index in [0.29, 0.717) is 39.8 Å². The number of hydrogen-bond donors (Lipinski definition) is 0. The summed E-state index contributed by atoms with van der Waals surface area (Å²) in [7, 11) is 3.14. The van der Waals surface area contributed by atoms with Crippen molar-refractivity contribution >= 4 is 35.0 Å². The number of ether oxygens (including phenoxy) is 1. The Morgan fingerprint density at radius 3 is 2.34 bits per heavy atom. The predicted molar refractivity (Wildman–Crippen MR) is 131 cm³/mol. The molecule has 8 nitrogen and oxygen atoms in total. The Hall–Kier alpha value is -3.67. The Kier molecular flexibility index (Phi) is 7.20. The molecular formula is C25H21Cl2N5O3. The van der Waals surface area contributed by atoms with Crippen LogP contribution in [-0.4, -0.2) is 64.9 Å². The number of likely N-dealkylation sites (tertiary alicyclic amines) is 1. The van der Waals surface area contributed by atoms with Crippen molar-refractivity contribution in [3.05, 3.63) is 87.2 Å². The molecule has 0 aliphatic carbocycles. The molecule has 4 rings (SSSR count). The highest BCUT2D eigenvalue weighted by atomic mass is 35.5. The van der Waals surface area contributed by atoms with Gasteiger partial charge in [0, 0.05) is 44.0 Å². The van der Waals surface area contributed by atoms with Gasteiger partial charge in [-0.1, -0.05) is 29.3 Å². The first kappa shape index (κ1) is 24.5. The summed E-state index contributed by atoms with van der Waals surface area (Å²) in [6.07, 6.45) is 2.82. The van der Waals surface area contributed by atoms with Gasteiger partial charge < -0.3 is 14.5 Å². The number of likely N-dealkylation sites (N-methyl/N-ethyl adjacent to an activating group) is 1. The van der Waals surface area contributed by atoms with Crippen LogP contribution < -0.4 is 4.74 Å². The summed E-state index contributed by atoms with van der Waals surface area (Å²) >= 11 is 12.4. The lowest BCUT2D eigenvalue weighted by Crippen LogP contribution is -2.42. The first-order chi connectivity index (χ1) is 16.8. The monoisotopic (exact) mass is 509 g/mol. The van der Waals surface area contributed by atoms with Gasteiger partial charge in [-0.25, -0.2) is 9.97 Å². The van der Waals surface area contributed by atoms with Gasteiger partial charge in [0.05, 0.1) is 40.4 Å². The molecule has 0 bridgehead atoms. The number of nitriles is 1. The second-order valence-electron chi connectivity index (χ2n) is 8.12. The van der Waals surface area contributed by atoms with Gasteiger partial charge in [-0.05, 0) is 42.0 Å². The van der Waals surface area contributed by atoms with Crippen LogP contribution in [0.1, 0.15) is 37.8 Å². The Bertz CT molecular complexity index is 1290. The molecule has 0 saturated carbocycles. The highest BCUT2D eigenvalue weighted by Gasteiger charge is 2.40. The summed E-state index contributed by atoms with van der Waals surface area (Å²) < 4.78 is 4.97. The molecule has 2 atom stereocenters. The van der Waals surface area contributed by atoms with E-state index in [1.807, 2.05) is 12.1 Å². The summed E-state index contributed by atoms with van der Waals surface area (Å²) in [4.78, 5) is 37.9. The Labute approximate surface area is 212 Å². The maximum Gasteiger partial charge on any atom is 0.316 e. The number of carbonyl (C=O) groups is 2. The third-order valence-corrected chi connectivity index (χ3v) is 6.82. The molecule has 2 aromatic carbocycles. The fourth-order valence-electron chi connectivity index (χ4n) is 4.17. The van der Waals surface area contributed by atoms with Crippen LogP contribution in [0.3, 0.4) is 0 Å². The standard InChI is InChI=1S/C25H21Cl2N5O3/c1-31(23(33)18-11-29-25(35-2)30-12-18)22-14-32(24(34)16-5-3-15(10-28)4-6-16)13-19(22)17-7-8-20(26)21(27)9-17/h3-9,11-12,19,22H,13-14H2,1-2H3/t19-,22+/m0/s1. The minimum absolute atomic E-state index is 0.165. The van der Waals surface area contributed by atoms with Crippen molar-refractivity contribution in [2.45, 2.75) is 12.0 Å². The van der Waals surface area contributed by atoms with Crippen LogP contribution >= 0.6 is 23.2 Å². The smallest absolute Gasteiger partial charge is 0.316 e. The van der Waals surface area contributed by atoms with Crippen LogP contribution in [0, 0.1) is 11.3 Å². The number of halogens is 2. The lowest BCUT2D eigenvalue weighted by atomic mass is 9.93. The third-order valence-electron chi connectivity index (χ3n) is 6.08. The molecule has 0 spiro atoms. The maximum atomic E-state index is 13.3. The van der Waals surface area contributed by atoms with E-state index in [2.05, 4.69) is 9.97 Å². The number of carbonyl (C=O) groups excluding carboxylic acids is 2. The molecule has 0 N–H and O–H groups in total. The molecule has 178 valence electrons. The summed E-state index contributed by atoms with van der Waals surface area (Å²) in [6.45, 7) is 0.682. The number of nitrogens with zero attached hydrogens (tertiary/aromatic N) is 5. The molecule has 0 radical (unpaired) electrons. The second-order valence-corrected chi connectivity index (χ2v) is 8.94. The predicted octanol–water partition coefficient (Wildman–Crippen LogP) is 4.04. The van der Waals surface area contributed by atoms with Crippen molar-refractivity contribution in [1.29, 1.82) is 5.26 Å². The van der Waals surface area contributed by atoms with E-state index in [0.717, 1.165) is 5.56 Å². The van der Waals surface area contributed by atoms with Gasteiger partial charge in [0.1, 0.15) is 0 Å². The lowest BCUT2D eigenvalue weighted by molar-refractivity contribution is 0.0695. The molecule has 1 fully saturated rings. The number of methoxy groups -OCH3 is 1. The molecule has 1 saturated heterocycles. The van der Waals surface area contributed by atoms with Gasteiger partial charge in [-0.3, -0.25) is 9.59 Å². The van der Waals surface area contributed by atoms with Crippen molar-refractivity contribution in [1.82, 2.24) is 19.8 Å². The zero-order valence-corrected chi connectivity index (χ0v) is 20.5. The fourth-order valence-corrected chi connectivity index (χ4v) is 4.48. The Morgan fingerprint density at radius 1 is 1.06 bits per heavy atom. The van der Waals surface area contributed by atoms with Gasteiger partial charge in [-0.2, -0.15) is 5.26 Å². The van der Waals surface area contributed by atoms with Gasteiger partial charge >= 0.3 is 6.01 Å². The zero-order chi connectivity index (χ0) is 25.1. The van der Waals surface area contributed by atoms with Gasteiger partial charge in [-0.15, -0.1) is 0 Å². The van der Waals surface area contributed by atoms with Crippen LogP contribution in [0.25, 0.3) is 0 Å². The van der Waals surface area contributed by atoms with Gasteiger partial charge in [0.15, 0.2) is 0 Å². The highest BCUT2D eigenvalue weighted by Crippen LogP contribution is 2.35. The Balaban J connectivity index is 1.64. The quantitative estimate of drug-likeness (QED) is 0.514. The third kappa shape index (κ3) is 5.06. The van der Waals surface area contributed by atoms with Crippen molar-refractivity contribution in [2.24, 2.45) is 0 Å². The molecule has 1 aromatic heterocycles. The van der Waals surface area contributed by atoms with Crippen molar-refractivity contribution < 1.29 is 14.3 Å². The number of amides is 2. The molecule has 2 heterocycles. The van der Waals surface area contributed by atoms with Crippen molar-refractivity contribution in [2.75, 3.05) is 27.2 Å². The van der Waals surface area contributed by atoms with E-state index >= 15 is 0 Å². The molecule has 3 aromatic rings. The molecule has 1 aliphatic rings. The molecule has 1 aliphatic heterocycles. The largest absolute Gasteiger partial charge is 0.467 e. The maximum absolute atomic E-state index is 13.3. The summed E-state index contributed by atoms with van der Waals surface area (Å²) in [5, 5.41) is 9.86. The normalized spacial score (nSPS) is 17.1. The molecule has 10 heteroatoms. The topological polar surface area (TPSA) is 99.4 Å². The molecular weight excluding hydrogens is 489 g/mol. The van der Waals surface area contributed by atoms with Gasteiger partial charge in [0.25, 0.3) is 11.8 Å². The minimum atomic E-state index is -0.343. The minimum Gasteiger partial charge on any atom is -0.467 e. The van der Waals surface area contributed by atoms with Gasteiger partial charge in [0.2, 0.25) is 0 Å². The number of benzene rings is 2. The first-order valence-corrected chi connectivity index (χ1v) is 11.5. The van der Waals surface area contributed by atoms with E-state index < -0.39 is 0 Å². The summed E-state index contributed by atoms with van der Waals surface area (Å²) in [6, 6.07) is 13.7. The lowest BCUT2D eigenvalue weighted by Gasteiger charge is -2.29. The van der Waals surface area contributed by atoms with Crippen molar-refractivity contribution in [3.8, 4) is 12.1 Å². The fraction of sp³-hybridized carbons (Fsp3) is 0.240. The van der Waals surface area contributed by atoms with E-state index in [-0.39, 0.29) is 29.8 Å². The molecule has 0 unspecified atom stereocenters. The van der Waals surface area contributed by atoms with Crippen LogP contribution in [0.2, 0.25) is 10.0 Å². The number of aromatic nitrogens is 2. The Morgan fingerprint density at radius 2 is 1.74 bits per heavy atom. The first-order valence-electron chi connectivity index (χ1n) is 10.7. The van der Waals surface area contributed by atoms with E-state index in [4.69, 9.17) is 33.2 Å². The number of hydrogen-bond acceptors (Lipinski definition) is 6. The van der Waals surface area contributed by atoms with Crippen LogP contribution in [0.5, 0.6) is 6.01 Å². The average molecular weight is 510 g/mol.